The number of carbonyl (C=O) groups is 2. The van der Waals surface area contributed by atoms with Crippen molar-refractivity contribution >= 4 is 29.1 Å². The number of aryl methyl sites for hydroxylation is 4. The lowest BCUT2D eigenvalue weighted by molar-refractivity contribution is 0.0998. The number of pyridine rings is 1. The van der Waals surface area contributed by atoms with Gasteiger partial charge in [0, 0.05) is 29.1 Å². The lowest BCUT2D eigenvalue weighted by Gasteiger charge is -2.10. The molecule has 2 aromatic heterocycles. The molecule has 0 aliphatic carbocycles. The highest BCUT2D eigenvalue weighted by molar-refractivity contribution is 6.06. The van der Waals surface area contributed by atoms with Crippen LogP contribution in [0.25, 0.3) is 11.3 Å². The van der Waals surface area contributed by atoms with Crippen LogP contribution < -0.4 is 16.4 Å². The van der Waals surface area contributed by atoms with Gasteiger partial charge in [-0.1, -0.05) is 30.3 Å². The number of aromatic nitrogens is 3. The minimum Gasteiger partial charge on any atom is -0.365 e. The van der Waals surface area contributed by atoms with E-state index in [-0.39, 0.29) is 5.91 Å². The van der Waals surface area contributed by atoms with E-state index in [2.05, 4.69) is 21.7 Å². The highest BCUT2D eigenvalue weighted by atomic mass is 16.2. The van der Waals surface area contributed by atoms with E-state index in [1.807, 2.05) is 50.2 Å². The summed E-state index contributed by atoms with van der Waals surface area (Å²) in [6, 6.07) is 18.8. The van der Waals surface area contributed by atoms with Crippen molar-refractivity contribution in [3.8, 4) is 11.3 Å². The number of fused-ring (bicyclic) bond motifs is 2. The summed E-state index contributed by atoms with van der Waals surface area (Å²) in [5, 5.41) is 10.9. The first-order valence-corrected chi connectivity index (χ1v) is 11.0. The second-order valence-electron chi connectivity index (χ2n) is 8.34. The van der Waals surface area contributed by atoms with Crippen LogP contribution in [-0.4, -0.2) is 26.6 Å². The molecule has 4 aromatic rings. The molecule has 0 saturated carbocycles. The average Bonchev–Trinajstić information content (AvgIpc) is 3.07. The molecule has 4 N–H and O–H groups in total. The molecule has 0 spiro atoms. The van der Waals surface area contributed by atoms with E-state index in [4.69, 9.17) is 10.8 Å². The predicted molar refractivity (Wildman–Crippen MR) is 131 cm³/mol. The van der Waals surface area contributed by atoms with Gasteiger partial charge in [0.2, 0.25) is 0 Å². The average molecular weight is 453 g/mol. The highest BCUT2D eigenvalue weighted by Crippen LogP contribution is 2.34. The number of benzene rings is 2. The Morgan fingerprint density at radius 3 is 2.65 bits per heavy atom. The molecular formula is C26H24N6O2. The summed E-state index contributed by atoms with van der Waals surface area (Å²) >= 11 is 0. The van der Waals surface area contributed by atoms with Crippen LogP contribution in [0, 0.1) is 13.8 Å². The van der Waals surface area contributed by atoms with E-state index in [1.54, 1.807) is 22.9 Å². The number of hydrogen-bond donors (Lipinski definition) is 3. The maximum Gasteiger partial charge on any atom is 0.257 e. The van der Waals surface area contributed by atoms with Crippen LogP contribution >= 0.6 is 0 Å². The van der Waals surface area contributed by atoms with E-state index in [1.165, 1.54) is 0 Å². The fourth-order valence-electron chi connectivity index (χ4n) is 4.26. The van der Waals surface area contributed by atoms with Gasteiger partial charge in [0.05, 0.1) is 0 Å². The Morgan fingerprint density at radius 1 is 1.06 bits per heavy atom. The number of hydrogen-bond acceptors (Lipinski definition) is 5. The van der Waals surface area contributed by atoms with Crippen LogP contribution in [0.3, 0.4) is 0 Å². The molecule has 2 amide bonds. The number of nitrogens with one attached hydrogen (secondary N) is 2. The third kappa shape index (κ3) is 3.90. The number of amides is 2. The molecule has 0 fully saturated rings. The van der Waals surface area contributed by atoms with Gasteiger partial charge in [-0.25, -0.2) is 9.67 Å². The van der Waals surface area contributed by atoms with Gasteiger partial charge in [0.1, 0.15) is 22.9 Å². The summed E-state index contributed by atoms with van der Waals surface area (Å²) in [5.41, 5.74) is 11.5. The van der Waals surface area contributed by atoms with Crippen molar-refractivity contribution in [2.24, 2.45) is 5.73 Å². The number of nitrogens with two attached hydrogens (primary N) is 1. The van der Waals surface area contributed by atoms with Gasteiger partial charge >= 0.3 is 0 Å². The summed E-state index contributed by atoms with van der Waals surface area (Å²) < 4.78 is 1.79. The molecular weight excluding hydrogens is 428 g/mol. The van der Waals surface area contributed by atoms with Crippen molar-refractivity contribution in [2.75, 3.05) is 10.6 Å². The Balaban J connectivity index is 1.50. The lowest BCUT2D eigenvalue weighted by Crippen LogP contribution is -2.15. The Bertz CT molecular complexity index is 1440. The molecule has 5 rings (SSSR count). The van der Waals surface area contributed by atoms with Crippen LogP contribution in [0.2, 0.25) is 0 Å². The summed E-state index contributed by atoms with van der Waals surface area (Å²) in [6.45, 7) is 4.33. The molecule has 1 aliphatic rings. The normalized spacial score (nSPS) is 12.2. The van der Waals surface area contributed by atoms with E-state index in [9.17, 15) is 9.59 Å². The van der Waals surface area contributed by atoms with Gasteiger partial charge < -0.3 is 16.4 Å². The van der Waals surface area contributed by atoms with Gasteiger partial charge in [-0.3, -0.25) is 9.59 Å². The fourth-order valence-corrected chi connectivity index (χ4v) is 4.26. The molecule has 170 valence electrons. The van der Waals surface area contributed by atoms with Crippen LogP contribution in [0.15, 0.2) is 60.7 Å². The molecule has 0 unspecified atom stereocenters. The Morgan fingerprint density at radius 2 is 1.88 bits per heavy atom. The monoisotopic (exact) mass is 452 g/mol. The molecule has 2 aromatic carbocycles. The van der Waals surface area contributed by atoms with E-state index in [0.29, 0.717) is 40.6 Å². The number of nitrogens with zero attached hydrogens (tertiary/aromatic N) is 3. The topological polar surface area (TPSA) is 115 Å². The molecule has 0 atom stereocenters. The zero-order chi connectivity index (χ0) is 23.8. The van der Waals surface area contributed by atoms with Crippen molar-refractivity contribution in [3.05, 3.63) is 88.6 Å². The summed E-state index contributed by atoms with van der Waals surface area (Å²) in [6.07, 6.45) is 0.778. The number of rotatable bonds is 4. The second kappa shape index (κ2) is 8.47. The van der Waals surface area contributed by atoms with Crippen molar-refractivity contribution in [1.82, 2.24) is 14.8 Å². The highest BCUT2D eigenvalue weighted by Gasteiger charge is 2.26. The number of carbonyl (C=O) groups excluding carboxylic acids is 2. The van der Waals surface area contributed by atoms with E-state index >= 15 is 0 Å². The molecule has 34 heavy (non-hydrogen) atoms. The van der Waals surface area contributed by atoms with Crippen LogP contribution in [0.1, 0.15) is 37.5 Å². The minimum atomic E-state index is -0.562. The first-order valence-electron chi connectivity index (χ1n) is 11.0. The van der Waals surface area contributed by atoms with Crippen molar-refractivity contribution in [1.29, 1.82) is 0 Å². The Kier molecular flexibility index (Phi) is 5.33. The zero-order valence-electron chi connectivity index (χ0n) is 18.9. The van der Waals surface area contributed by atoms with E-state index < -0.39 is 5.91 Å². The molecule has 8 heteroatoms. The first kappa shape index (κ1) is 21.4. The van der Waals surface area contributed by atoms with Crippen molar-refractivity contribution < 1.29 is 9.59 Å². The van der Waals surface area contributed by atoms with Crippen LogP contribution in [0.5, 0.6) is 0 Å². The van der Waals surface area contributed by atoms with Gasteiger partial charge in [0.25, 0.3) is 11.8 Å². The van der Waals surface area contributed by atoms with Crippen LogP contribution in [0.4, 0.5) is 17.3 Å². The van der Waals surface area contributed by atoms with Gasteiger partial charge in [0.15, 0.2) is 0 Å². The summed E-state index contributed by atoms with van der Waals surface area (Å²) in [5.74, 6) is 0.260. The molecule has 8 nitrogen and oxygen atoms in total. The number of primary amides is 1. The van der Waals surface area contributed by atoms with Crippen LogP contribution in [-0.2, 0) is 13.0 Å². The largest absolute Gasteiger partial charge is 0.365 e. The lowest BCUT2D eigenvalue weighted by atomic mass is 10.0. The summed E-state index contributed by atoms with van der Waals surface area (Å²) in [7, 11) is 0. The smallest absolute Gasteiger partial charge is 0.257 e. The third-order valence-electron chi connectivity index (χ3n) is 5.94. The molecule has 0 bridgehead atoms. The van der Waals surface area contributed by atoms with Gasteiger partial charge in [-0.05, 0) is 61.7 Å². The summed E-state index contributed by atoms with van der Waals surface area (Å²) in [4.78, 5) is 29.7. The zero-order valence-corrected chi connectivity index (χ0v) is 18.9. The number of anilines is 3. The van der Waals surface area contributed by atoms with Crippen molar-refractivity contribution in [2.45, 2.75) is 26.8 Å². The molecule has 0 saturated heterocycles. The Labute approximate surface area is 196 Å². The minimum absolute atomic E-state index is 0.254. The second-order valence-corrected chi connectivity index (χ2v) is 8.34. The molecule has 3 heterocycles. The number of para-hydroxylation sites is 1. The standard InChI is InChI=1S/C26H24N6O2/c1-15-14-18(10-11-19(15)26(34)30-21-9-5-6-16(2)28-21)23-22(24(27)33)25-29-20-8-4-3-7-17(20)12-13-32(25)31-23/h3-11,14,29H,12-13H2,1-2H3,(H2,27,33)(H,28,30,34). The fraction of sp³-hybridized carbons (Fsp3) is 0.154. The van der Waals surface area contributed by atoms with Gasteiger partial charge in [-0.15, -0.1) is 0 Å². The van der Waals surface area contributed by atoms with E-state index in [0.717, 1.165) is 28.9 Å². The molecule has 1 aliphatic heterocycles. The van der Waals surface area contributed by atoms with Crippen molar-refractivity contribution in [3.63, 3.8) is 0 Å². The SMILES string of the molecule is Cc1cccc(NC(=O)c2ccc(-c3nn4c(c3C(N)=O)Nc3ccccc3CC4)cc2C)n1. The maximum absolute atomic E-state index is 12.8. The maximum atomic E-state index is 12.8. The third-order valence-corrected chi connectivity index (χ3v) is 5.94. The first-order chi connectivity index (χ1) is 16.4. The van der Waals surface area contributed by atoms with Gasteiger partial charge in [-0.2, -0.15) is 5.10 Å². The predicted octanol–water partition coefficient (Wildman–Crippen LogP) is 4.21. The molecule has 0 radical (unpaired) electrons. The Hall–Kier alpha value is -4.46. The quantitative estimate of drug-likeness (QED) is 0.429.